The van der Waals surface area contributed by atoms with E-state index in [1.54, 1.807) is 0 Å². The molecule has 0 bridgehead atoms. The molecule has 0 aliphatic heterocycles. The average Bonchev–Trinajstić information content (AvgIpc) is 3.10. The normalized spacial score (nSPS) is 11.2. The fraction of sp³-hybridized carbons (Fsp3) is 0.583. The highest BCUT2D eigenvalue weighted by Crippen LogP contribution is 2.30. The highest BCUT2D eigenvalue weighted by Gasteiger charge is 2.11. The molecule has 0 spiro atoms. The van der Waals surface area contributed by atoms with Gasteiger partial charge in [-0.2, -0.15) is 4.98 Å². The predicted octanol–water partition coefficient (Wildman–Crippen LogP) is 2.38. The van der Waals surface area contributed by atoms with E-state index >= 15 is 0 Å². The second-order valence-electron chi connectivity index (χ2n) is 4.91. The van der Waals surface area contributed by atoms with Gasteiger partial charge in [0.05, 0.1) is 11.5 Å². The Morgan fingerprint density at radius 3 is 2.73 bits per heavy atom. The smallest absolute Gasteiger partial charge is 0.237 e. The summed E-state index contributed by atoms with van der Waals surface area (Å²) in [6.45, 7) is 4.33. The van der Waals surface area contributed by atoms with Crippen LogP contribution in [0.15, 0.2) is 13.2 Å². The lowest BCUT2D eigenvalue weighted by atomic mass is 10.1. The molecule has 2 aromatic heterocycles. The van der Waals surface area contributed by atoms with E-state index in [2.05, 4.69) is 34.2 Å². The van der Waals surface area contributed by atoms with E-state index in [1.807, 2.05) is 0 Å². The van der Waals surface area contributed by atoms with Gasteiger partial charge in [0.25, 0.3) is 0 Å². The molecular weight excluding hydrogens is 342 g/mol. The lowest BCUT2D eigenvalue weighted by molar-refractivity contribution is -0.115. The van der Waals surface area contributed by atoms with E-state index in [9.17, 15) is 4.79 Å². The average molecular weight is 360 g/mol. The quantitative estimate of drug-likeness (QED) is 0.680. The van der Waals surface area contributed by atoms with Crippen molar-refractivity contribution < 1.29 is 9.32 Å². The maximum absolute atomic E-state index is 10.7. The van der Waals surface area contributed by atoms with Gasteiger partial charge >= 0.3 is 0 Å². The van der Waals surface area contributed by atoms with E-state index < -0.39 is 0 Å². The Balaban J connectivity index is 1.79. The number of aryl methyl sites for hydroxylation is 1. The summed E-state index contributed by atoms with van der Waals surface area (Å²) in [6, 6.07) is 0. The summed E-state index contributed by atoms with van der Waals surface area (Å²) in [7, 11) is 0. The molecule has 0 saturated carbocycles. The Bertz CT molecular complexity index is 613. The van der Waals surface area contributed by atoms with Crippen LogP contribution in [0.25, 0.3) is 0 Å². The first-order chi connectivity index (χ1) is 10.5. The van der Waals surface area contributed by atoms with Gasteiger partial charge in [0.15, 0.2) is 14.5 Å². The Hall–Kier alpha value is -1.13. The Labute approximate surface area is 140 Å². The fourth-order valence-electron chi connectivity index (χ4n) is 1.44. The van der Waals surface area contributed by atoms with E-state index in [4.69, 9.17) is 10.3 Å². The van der Waals surface area contributed by atoms with Crippen molar-refractivity contribution in [2.24, 2.45) is 11.7 Å². The number of aromatic nitrogens is 4. The number of amides is 1. The van der Waals surface area contributed by atoms with E-state index in [0.717, 1.165) is 27.3 Å². The lowest BCUT2D eigenvalue weighted by Gasteiger charge is -1.98. The number of hydrogen-bond donors (Lipinski definition) is 1. The zero-order valence-electron chi connectivity index (χ0n) is 12.3. The van der Waals surface area contributed by atoms with Crippen LogP contribution in [-0.2, 0) is 17.0 Å². The van der Waals surface area contributed by atoms with Crippen molar-refractivity contribution in [1.29, 1.82) is 0 Å². The van der Waals surface area contributed by atoms with Crippen molar-refractivity contribution in [3.63, 3.8) is 0 Å². The second-order valence-corrected chi connectivity index (χ2v) is 8.34. The molecule has 7 nitrogen and oxygen atoms in total. The summed E-state index contributed by atoms with van der Waals surface area (Å²) in [4.78, 5) is 15.1. The minimum atomic E-state index is -0.366. The molecule has 2 N–H and O–H groups in total. The molecule has 0 unspecified atom stereocenters. The largest absolute Gasteiger partial charge is 0.369 e. The van der Waals surface area contributed by atoms with Crippen LogP contribution in [0, 0.1) is 5.92 Å². The summed E-state index contributed by atoms with van der Waals surface area (Å²) >= 11 is 4.20. The van der Waals surface area contributed by atoms with Crippen molar-refractivity contribution in [3.8, 4) is 0 Å². The van der Waals surface area contributed by atoms with Crippen molar-refractivity contribution in [3.05, 3.63) is 11.7 Å². The maximum atomic E-state index is 10.7. The number of rotatable bonds is 9. The van der Waals surface area contributed by atoms with Gasteiger partial charge in [-0.3, -0.25) is 4.79 Å². The molecule has 0 radical (unpaired) electrons. The third-order valence-corrected chi connectivity index (χ3v) is 5.70. The van der Waals surface area contributed by atoms with Crippen LogP contribution in [0.5, 0.6) is 0 Å². The summed E-state index contributed by atoms with van der Waals surface area (Å²) < 4.78 is 6.74. The van der Waals surface area contributed by atoms with Crippen LogP contribution in [0.4, 0.5) is 0 Å². The van der Waals surface area contributed by atoms with Gasteiger partial charge in [-0.15, -0.1) is 10.2 Å². The number of nitrogens with two attached hydrogens (primary N) is 1. The first-order valence-electron chi connectivity index (χ1n) is 6.71. The van der Waals surface area contributed by atoms with Crippen LogP contribution in [0.2, 0.25) is 0 Å². The van der Waals surface area contributed by atoms with Gasteiger partial charge in [0, 0.05) is 6.42 Å². The number of nitrogens with zero attached hydrogens (tertiary/aromatic N) is 4. The highest BCUT2D eigenvalue weighted by atomic mass is 32.2. The predicted molar refractivity (Wildman–Crippen MR) is 86.8 cm³/mol. The number of hydrogen-bond acceptors (Lipinski definition) is 9. The molecule has 0 atom stereocenters. The zero-order chi connectivity index (χ0) is 15.9. The SMILES string of the molecule is CC(C)CCc1noc(CSc2nnc(SCC(N)=O)s2)n1. The number of carbonyl (C=O) groups excluding carboxylic acids is 1. The first-order valence-corrected chi connectivity index (χ1v) is 9.50. The van der Waals surface area contributed by atoms with Gasteiger partial charge in [0.2, 0.25) is 11.8 Å². The molecule has 22 heavy (non-hydrogen) atoms. The molecule has 0 aliphatic rings. The first kappa shape index (κ1) is 17.2. The Morgan fingerprint density at radius 1 is 1.32 bits per heavy atom. The number of thioether (sulfide) groups is 2. The van der Waals surface area contributed by atoms with E-state index in [1.165, 1.54) is 34.9 Å². The molecule has 120 valence electrons. The molecule has 0 fully saturated rings. The fourth-order valence-corrected chi connectivity index (χ4v) is 4.03. The Morgan fingerprint density at radius 2 is 2.05 bits per heavy atom. The monoisotopic (exact) mass is 359 g/mol. The lowest BCUT2D eigenvalue weighted by Crippen LogP contribution is -2.12. The van der Waals surface area contributed by atoms with Crippen LogP contribution < -0.4 is 5.73 Å². The third-order valence-electron chi connectivity index (χ3n) is 2.50. The minimum Gasteiger partial charge on any atom is -0.369 e. The molecule has 2 heterocycles. The molecule has 0 aliphatic carbocycles. The van der Waals surface area contributed by atoms with Crippen LogP contribution in [0.3, 0.4) is 0 Å². The van der Waals surface area contributed by atoms with Crippen molar-refractivity contribution >= 4 is 40.8 Å². The molecule has 2 aromatic rings. The van der Waals surface area contributed by atoms with Crippen molar-refractivity contribution in [1.82, 2.24) is 20.3 Å². The Kier molecular flexibility index (Phi) is 6.65. The standard InChI is InChI=1S/C12H17N5O2S3/c1-7(2)3-4-9-14-10(19-17-9)6-21-12-16-15-11(22-12)20-5-8(13)18/h7H,3-6H2,1-2H3,(H2,13,18). The summed E-state index contributed by atoms with van der Waals surface area (Å²) in [5.74, 6) is 2.36. The molecule has 0 aromatic carbocycles. The third kappa shape index (κ3) is 5.93. The minimum absolute atomic E-state index is 0.210. The molecule has 1 amide bonds. The van der Waals surface area contributed by atoms with Gasteiger partial charge in [-0.25, -0.2) is 0 Å². The van der Waals surface area contributed by atoms with Gasteiger partial charge in [-0.1, -0.05) is 53.9 Å². The van der Waals surface area contributed by atoms with Crippen molar-refractivity contribution in [2.45, 2.75) is 41.1 Å². The van der Waals surface area contributed by atoms with E-state index in [0.29, 0.717) is 17.6 Å². The highest BCUT2D eigenvalue weighted by molar-refractivity contribution is 8.03. The summed E-state index contributed by atoms with van der Waals surface area (Å²) in [6.07, 6.45) is 1.88. The van der Waals surface area contributed by atoms with Crippen molar-refractivity contribution in [2.75, 3.05) is 5.75 Å². The number of primary amides is 1. The molecule has 2 rings (SSSR count). The van der Waals surface area contributed by atoms with Gasteiger partial charge in [0.1, 0.15) is 0 Å². The zero-order valence-corrected chi connectivity index (χ0v) is 14.8. The summed E-state index contributed by atoms with van der Waals surface area (Å²) in [5.41, 5.74) is 5.09. The van der Waals surface area contributed by atoms with Gasteiger partial charge in [-0.05, 0) is 12.3 Å². The number of carbonyl (C=O) groups is 1. The topological polar surface area (TPSA) is 108 Å². The summed E-state index contributed by atoms with van der Waals surface area (Å²) in [5, 5.41) is 12.0. The van der Waals surface area contributed by atoms with Crippen LogP contribution in [0.1, 0.15) is 32.0 Å². The molecule has 10 heteroatoms. The van der Waals surface area contributed by atoms with Crippen LogP contribution in [-0.4, -0.2) is 32.0 Å². The molecule has 0 saturated heterocycles. The second kappa shape index (κ2) is 8.49. The maximum Gasteiger partial charge on any atom is 0.237 e. The van der Waals surface area contributed by atoms with Gasteiger partial charge < -0.3 is 10.3 Å². The molecular formula is C12H17N5O2S3. The van der Waals surface area contributed by atoms with E-state index in [-0.39, 0.29) is 11.7 Å². The van der Waals surface area contributed by atoms with Crippen LogP contribution >= 0.6 is 34.9 Å².